The Bertz CT molecular complexity index is 812. The molecule has 3 aromatic rings. The molecule has 0 unspecified atom stereocenters. The number of nitrogens with two attached hydrogens (primary N) is 1. The molecule has 1 aromatic carbocycles. The quantitative estimate of drug-likeness (QED) is 0.755. The molecule has 4 heteroatoms. The minimum absolute atomic E-state index is 0.327. The number of benzene rings is 1. The van der Waals surface area contributed by atoms with Gasteiger partial charge in [0.15, 0.2) is 0 Å². The first-order chi connectivity index (χ1) is 9.99. The van der Waals surface area contributed by atoms with Crippen LogP contribution in [0.3, 0.4) is 0 Å². The smallest absolute Gasteiger partial charge is 0.230 e. The Kier molecular flexibility index (Phi) is 3.09. The molecular weight excluding hydrogens is 264 g/mol. The summed E-state index contributed by atoms with van der Waals surface area (Å²) in [5, 5.41) is 4.17. The van der Waals surface area contributed by atoms with Gasteiger partial charge in [-0.3, -0.25) is 0 Å². The second kappa shape index (κ2) is 4.81. The zero-order valence-electron chi connectivity index (χ0n) is 12.7. The lowest BCUT2D eigenvalue weighted by molar-refractivity contribution is 0.439. The molecule has 2 heterocycles. The number of furan rings is 1. The number of aryl methyl sites for hydroxylation is 3. The topological polar surface area (TPSA) is 65.2 Å². The first-order valence-electron chi connectivity index (χ1n) is 6.88. The predicted octanol–water partition coefficient (Wildman–Crippen LogP) is 4.42. The molecule has 0 saturated heterocycles. The third kappa shape index (κ3) is 2.13. The molecule has 0 aliphatic rings. The fourth-order valence-corrected chi connectivity index (χ4v) is 2.69. The molecule has 21 heavy (non-hydrogen) atoms. The largest absolute Gasteiger partial charge is 0.466 e. The van der Waals surface area contributed by atoms with Gasteiger partial charge in [0, 0.05) is 5.56 Å². The second-order valence-electron chi connectivity index (χ2n) is 5.35. The van der Waals surface area contributed by atoms with E-state index < -0.39 is 0 Å². The molecule has 0 amide bonds. The Hall–Kier alpha value is -2.49. The molecule has 108 valence electrons. The van der Waals surface area contributed by atoms with Gasteiger partial charge in [-0.05, 0) is 38.8 Å². The average molecular weight is 282 g/mol. The maximum Gasteiger partial charge on any atom is 0.230 e. The summed E-state index contributed by atoms with van der Waals surface area (Å²) in [5.74, 6) is 2.04. The summed E-state index contributed by atoms with van der Waals surface area (Å²) in [6.45, 7) is 7.94. The van der Waals surface area contributed by atoms with E-state index >= 15 is 0 Å². The molecule has 0 aliphatic heterocycles. The second-order valence-corrected chi connectivity index (χ2v) is 5.35. The van der Waals surface area contributed by atoms with Crippen molar-refractivity contribution in [2.24, 2.45) is 0 Å². The van der Waals surface area contributed by atoms with Crippen molar-refractivity contribution in [3.8, 4) is 22.4 Å². The van der Waals surface area contributed by atoms with Gasteiger partial charge in [0.1, 0.15) is 17.2 Å². The van der Waals surface area contributed by atoms with Crippen LogP contribution in [0.25, 0.3) is 22.4 Å². The molecule has 0 aliphatic carbocycles. The standard InChI is InChI=1S/C17H18N2O2/c1-9-6-5-7-13(8-9)15-16(19-21-17(15)18)14-10(2)11(3)20-12(14)4/h5-8H,18H2,1-4H3. The molecule has 0 radical (unpaired) electrons. The van der Waals surface area contributed by atoms with Crippen LogP contribution in [0, 0.1) is 27.7 Å². The van der Waals surface area contributed by atoms with E-state index in [1.807, 2.05) is 45.9 Å². The fraction of sp³-hybridized carbons (Fsp3) is 0.235. The minimum Gasteiger partial charge on any atom is -0.466 e. The Balaban J connectivity index is 2.27. The molecule has 0 atom stereocenters. The van der Waals surface area contributed by atoms with Gasteiger partial charge in [0.25, 0.3) is 0 Å². The van der Waals surface area contributed by atoms with Crippen molar-refractivity contribution in [3.05, 3.63) is 46.9 Å². The lowest BCUT2D eigenvalue weighted by atomic mass is 9.97. The van der Waals surface area contributed by atoms with E-state index in [1.54, 1.807) is 0 Å². The summed E-state index contributed by atoms with van der Waals surface area (Å²) in [6.07, 6.45) is 0. The van der Waals surface area contributed by atoms with Gasteiger partial charge in [-0.25, -0.2) is 0 Å². The minimum atomic E-state index is 0.327. The maximum absolute atomic E-state index is 6.01. The van der Waals surface area contributed by atoms with Gasteiger partial charge in [-0.2, -0.15) is 0 Å². The van der Waals surface area contributed by atoms with E-state index in [0.717, 1.165) is 45.0 Å². The summed E-state index contributed by atoms with van der Waals surface area (Å²) in [6, 6.07) is 8.13. The van der Waals surface area contributed by atoms with E-state index in [9.17, 15) is 0 Å². The number of aromatic nitrogens is 1. The van der Waals surface area contributed by atoms with E-state index in [1.165, 1.54) is 0 Å². The number of nitrogen functional groups attached to an aromatic ring is 1. The van der Waals surface area contributed by atoms with Crippen molar-refractivity contribution < 1.29 is 8.94 Å². The Morgan fingerprint density at radius 3 is 2.38 bits per heavy atom. The van der Waals surface area contributed by atoms with Crippen LogP contribution in [-0.2, 0) is 0 Å². The SMILES string of the molecule is Cc1cccc(-c2c(-c3c(C)oc(C)c3C)noc2N)c1. The lowest BCUT2D eigenvalue weighted by Gasteiger charge is -2.04. The predicted molar refractivity (Wildman–Crippen MR) is 83.0 cm³/mol. The Morgan fingerprint density at radius 1 is 1.00 bits per heavy atom. The van der Waals surface area contributed by atoms with Crippen molar-refractivity contribution in [3.63, 3.8) is 0 Å². The third-order valence-electron chi connectivity index (χ3n) is 3.82. The van der Waals surface area contributed by atoms with Crippen LogP contribution in [0.2, 0.25) is 0 Å². The van der Waals surface area contributed by atoms with Crippen molar-refractivity contribution in [1.82, 2.24) is 5.16 Å². The number of rotatable bonds is 2. The van der Waals surface area contributed by atoms with Gasteiger partial charge in [-0.15, -0.1) is 0 Å². The van der Waals surface area contributed by atoms with Crippen LogP contribution >= 0.6 is 0 Å². The summed E-state index contributed by atoms with van der Waals surface area (Å²) in [4.78, 5) is 0. The number of anilines is 1. The highest BCUT2D eigenvalue weighted by atomic mass is 16.5. The molecule has 0 fully saturated rings. The number of hydrogen-bond acceptors (Lipinski definition) is 4. The Labute approximate surface area is 123 Å². The van der Waals surface area contributed by atoms with Gasteiger partial charge in [0.05, 0.1) is 5.56 Å². The van der Waals surface area contributed by atoms with Gasteiger partial charge < -0.3 is 14.7 Å². The van der Waals surface area contributed by atoms with Gasteiger partial charge in [-0.1, -0.05) is 35.0 Å². The molecule has 0 spiro atoms. The molecule has 2 N–H and O–H groups in total. The van der Waals surface area contributed by atoms with Crippen LogP contribution in [0.4, 0.5) is 5.88 Å². The van der Waals surface area contributed by atoms with Crippen molar-refractivity contribution in [2.45, 2.75) is 27.7 Å². The van der Waals surface area contributed by atoms with E-state index in [2.05, 4.69) is 11.2 Å². The number of hydrogen-bond donors (Lipinski definition) is 1. The molecular formula is C17H18N2O2. The van der Waals surface area contributed by atoms with Gasteiger partial charge in [0.2, 0.25) is 5.88 Å². The highest BCUT2D eigenvalue weighted by Crippen LogP contribution is 2.40. The first-order valence-corrected chi connectivity index (χ1v) is 6.88. The molecule has 4 nitrogen and oxygen atoms in total. The Morgan fingerprint density at radius 2 is 1.76 bits per heavy atom. The monoisotopic (exact) mass is 282 g/mol. The summed E-state index contributed by atoms with van der Waals surface area (Å²) in [7, 11) is 0. The van der Waals surface area contributed by atoms with E-state index in [0.29, 0.717) is 5.88 Å². The summed E-state index contributed by atoms with van der Waals surface area (Å²) >= 11 is 0. The van der Waals surface area contributed by atoms with Crippen molar-refractivity contribution in [2.75, 3.05) is 5.73 Å². The average Bonchev–Trinajstić information content (AvgIpc) is 2.91. The van der Waals surface area contributed by atoms with Crippen LogP contribution < -0.4 is 5.73 Å². The van der Waals surface area contributed by atoms with Crippen molar-refractivity contribution in [1.29, 1.82) is 0 Å². The number of nitrogens with zero attached hydrogens (tertiary/aromatic N) is 1. The van der Waals surface area contributed by atoms with Crippen LogP contribution in [0.1, 0.15) is 22.6 Å². The highest BCUT2D eigenvalue weighted by molar-refractivity contribution is 5.88. The summed E-state index contributed by atoms with van der Waals surface area (Å²) < 4.78 is 11.0. The van der Waals surface area contributed by atoms with Crippen LogP contribution in [-0.4, -0.2) is 5.16 Å². The molecule has 3 rings (SSSR count). The maximum atomic E-state index is 6.01. The molecule has 0 saturated carbocycles. The van der Waals surface area contributed by atoms with Gasteiger partial charge >= 0.3 is 0 Å². The summed E-state index contributed by atoms with van der Waals surface area (Å²) in [5.41, 5.74) is 11.8. The molecule has 0 bridgehead atoms. The van der Waals surface area contributed by atoms with Crippen LogP contribution in [0.5, 0.6) is 0 Å². The zero-order valence-corrected chi connectivity index (χ0v) is 12.7. The first kappa shape index (κ1) is 13.5. The van der Waals surface area contributed by atoms with E-state index in [-0.39, 0.29) is 0 Å². The van der Waals surface area contributed by atoms with Crippen LogP contribution in [0.15, 0.2) is 33.2 Å². The van der Waals surface area contributed by atoms with Crippen molar-refractivity contribution >= 4 is 5.88 Å². The lowest BCUT2D eigenvalue weighted by Crippen LogP contribution is -1.90. The molecule has 2 aromatic heterocycles. The zero-order chi connectivity index (χ0) is 15.1. The van der Waals surface area contributed by atoms with E-state index in [4.69, 9.17) is 14.7 Å². The highest BCUT2D eigenvalue weighted by Gasteiger charge is 2.23. The third-order valence-corrected chi connectivity index (χ3v) is 3.82. The fourth-order valence-electron chi connectivity index (χ4n) is 2.69. The normalized spacial score (nSPS) is 11.0.